The number of rotatable bonds is 8. The molecule has 0 unspecified atom stereocenters. The molecule has 1 aliphatic rings. The average molecular weight is 271 g/mol. The number of nitrogens with zero attached hydrogens (tertiary/aromatic N) is 2. The molecular weight excluding hydrogens is 238 g/mol. The van der Waals surface area contributed by atoms with Crippen molar-refractivity contribution in [2.75, 3.05) is 45.8 Å². The van der Waals surface area contributed by atoms with Crippen LogP contribution in [0.2, 0.25) is 0 Å². The largest absolute Gasteiger partial charge is 0.390 e. The maximum absolute atomic E-state index is 9.79. The Morgan fingerprint density at radius 2 is 1.58 bits per heavy atom. The molecule has 0 aromatic heterocycles. The van der Waals surface area contributed by atoms with Crippen LogP contribution in [0, 0.1) is 0 Å². The van der Waals surface area contributed by atoms with Crippen LogP contribution in [-0.4, -0.2) is 66.3 Å². The van der Waals surface area contributed by atoms with Crippen LogP contribution in [0.1, 0.15) is 46.0 Å². The Morgan fingerprint density at radius 1 is 0.947 bits per heavy atom. The highest BCUT2D eigenvalue weighted by molar-refractivity contribution is 4.73. The van der Waals surface area contributed by atoms with Gasteiger partial charge in [0.25, 0.3) is 0 Å². The molecule has 3 N–H and O–H groups in total. The molecule has 0 aromatic rings. The lowest BCUT2D eigenvalue weighted by molar-refractivity contribution is 0.0581. The molecule has 0 aliphatic carbocycles. The third kappa shape index (κ3) is 8.58. The predicted octanol–water partition coefficient (Wildman–Crippen LogP) is 1.28. The van der Waals surface area contributed by atoms with E-state index in [1.165, 1.54) is 45.4 Å². The first-order chi connectivity index (χ1) is 9.01. The molecule has 0 saturated carbocycles. The van der Waals surface area contributed by atoms with Crippen LogP contribution in [0.5, 0.6) is 0 Å². The van der Waals surface area contributed by atoms with Crippen molar-refractivity contribution in [3.63, 3.8) is 0 Å². The first kappa shape index (κ1) is 16.9. The molecule has 1 saturated heterocycles. The van der Waals surface area contributed by atoms with E-state index in [4.69, 9.17) is 5.73 Å². The van der Waals surface area contributed by atoms with E-state index in [1.54, 1.807) is 0 Å². The fourth-order valence-electron chi connectivity index (χ4n) is 2.56. The predicted molar refractivity (Wildman–Crippen MR) is 81.3 cm³/mol. The molecule has 0 radical (unpaired) electrons. The summed E-state index contributed by atoms with van der Waals surface area (Å²) in [6.07, 6.45) is 5.81. The SMILES string of the molecule is CC(C)(O)CCN1CCCN(CCCCCN)CC1. The van der Waals surface area contributed by atoms with Gasteiger partial charge in [-0.1, -0.05) is 6.42 Å². The Balaban J connectivity index is 2.16. The zero-order valence-corrected chi connectivity index (χ0v) is 12.9. The van der Waals surface area contributed by atoms with Gasteiger partial charge in [0.2, 0.25) is 0 Å². The minimum Gasteiger partial charge on any atom is -0.390 e. The molecule has 0 spiro atoms. The number of nitrogens with two attached hydrogens (primary N) is 1. The van der Waals surface area contributed by atoms with E-state index < -0.39 is 5.60 Å². The van der Waals surface area contributed by atoms with Crippen molar-refractivity contribution < 1.29 is 5.11 Å². The molecular formula is C15H33N3O. The van der Waals surface area contributed by atoms with Gasteiger partial charge in [-0.05, 0) is 65.7 Å². The first-order valence-electron chi connectivity index (χ1n) is 7.88. The van der Waals surface area contributed by atoms with Crippen molar-refractivity contribution in [2.45, 2.75) is 51.6 Å². The van der Waals surface area contributed by atoms with Gasteiger partial charge in [-0.3, -0.25) is 0 Å². The van der Waals surface area contributed by atoms with Gasteiger partial charge in [0.05, 0.1) is 5.60 Å². The van der Waals surface area contributed by atoms with Gasteiger partial charge in [-0.15, -0.1) is 0 Å². The number of unbranched alkanes of at least 4 members (excludes halogenated alkanes) is 2. The van der Waals surface area contributed by atoms with Gasteiger partial charge in [-0.25, -0.2) is 0 Å². The molecule has 4 heteroatoms. The van der Waals surface area contributed by atoms with Crippen LogP contribution in [-0.2, 0) is 0 Å². The van der Waals surface area contributed by atoms with Crippen LogP contribution in [0.15, 0.2) is 0 Å². The maximum atomic E-state index is 9.79. The van der Waals surface area contributed by atoms with Gasteiger partial charge in [-0.2, -0.15) is 0 Å². The lowest BCUT2D eigenvalue weighted by Gasteiger charge is -2.25. The van der Waals surface area contributed by atoms with Crippen LogP contribution in [0.4, 0.5) is 0 Å². The van der Waals surface area contributed by atoms with Crippen LogP contribution in [0.3, 0.4) is 0 Å². The third-order valence-corrected chi connectivity index (χ3v) is 3.90. The second kappa shape index (κ2) is 8.90. The number of hydrogen-bond donors (Lipinski definition) is 2. The average Bonchev–Trinajstić information content (AvgIpc) is 2.57. The second-order valence-electron chi connectivity index (χ2n) is 6.45. The normalized spacial score (nSPS) is 19.6. The summed E-state index contributed by atoms with van der Waals surface area (Å²) in [6, 6.07) is 0. The highest BCUT2D eigenvalue weighted by Crippen LogP contribution is 2.11. The Hall–Kier alpha value is -0.160. The monoisotopic (exact) mass is 271 g/mol. The number of hydrogen-bond acceptors (Lipinski definition) is 4. The summed E-state index contributed by atoms with van der Waals surface area (Å²) in [5.74, 6) is 0. The van der Waals surface area contributed by atoms with E-state index in [9.17, 15) is 5.11 Å². The van der Waals surface area contributed by atoms with E-state index in [0.29, 0.717) is 0 Å². The molecule has 1 aliphatic heterocycles. The molecule has 4 nitrogen and oxygen atoms in total. The summed E-state index contributed by atoms with van der Waals surface area (Å²) >= 11 is 0. The summed E-state index contributed by atoms with van der Waals surface area (Å²) in [5, 5.41) is 9.79. The fraction of sp³-hybridized carbons (Fsp3) is 1.00. The lowest BCUT2D eigenvalue weighted by Crippen LogP contribution is -2.34. The number of aliphatic hydroxyl groups is 1. The van der Waals surface area contributed by atoms with Gasteiger partial charge in [0.15, 0.2) is 0 Å². The molecule has 114 valence electrons. The molecule has 0 atom stereocenters. The van der Waals surface area contributed by atoms with Crippen molar-refractivity contribution in [3.8, 4) is 0 Å². The minimum atomic E-state index is -0.534. The van der Waals surface area contributed by atoms with E-state index in [2.05, 4.69) is 9.80 Å². The molecule has 1 fully saturated rings. The Morgan fingerprint density at radius 3 is 2.16 bits per heavy atom. The molecule has 1 heterocycles. The van der Waals surface area contributed by atoms with Crippen molar-refractivity contribution in [3.05, 3.63) is 0 Å². The Kier molecular flexibility index (Phi) is 7.91. The van der Waals surface area contributed by atoms with E-state index in [-0.39, 0.29) is 0 Å². The third-order valence-electron chi connectivity index (χ3n) is 3.90. The summed E-state index contributed by atoms with van der Waals surface area (Å²) in [5.41, 5.74) is 4.99. The fourth-order valence-corrected chi connectivity index (χ4v) is 2.56. The highest BCUT2D eigenvalue weighted by Gasteiger charge is 2.18. The van der Waals surface area contributed by atoms with Gasteiger partial charge >= 0.3 is 0 Å². The summed E-state index contributed by atoms with van der Waals surface area (Å²) in [4.78, 5) is 5.08. The Bertz CT molecular complexity index is 228. The smallest absolute Gasteiger partial charge is 0.0603 e. The summed E-state index contributed by atoms with van der Waals surface area (Å²) < 4.78 is 0. The standard InChI is InChI=1S/C15H33N3O/c1-15(2,19)7-12-18-11-6-10-17(13-14-18)9-5-3-4-8-16/h19H,3-14,16H2,1-2H3. The molecule has 0 amide bonds. The van der Waals surface area contributed by atoms with Crippen molar-refractivity contribution >= 4 is 0 Å². The molecule has 0 bridgehead atoms. The van der Waals surface area contributed by atoms with Crippen molar-refractivity contribution in [1.82, 2.24) is 9.80 Å². The molecule has 1 rings (SSSR count). The minimum absolute atomic E-state index is 0.534. The quantitative estimate of drug-likeness (QED) is 0.653. The molecule has 0 aromatic carbocycles. The lowest BCUT2D eigenvalue weighted by atomic mass is 10.1. The second-order valence-corrected chi connectivity index (χ2v) is 6.45. The van der Waals surface area contributed by atoms with Crippen LogP contribution in [0.25, 0.3) is 0 Å². The first-order valence-corrected chi connectivity index (χ1v) is 7.88. The Labute approximate surface area is 118 Å². The maximum Gasteiger partial charge on any atom is 0.0603 e. The van der Waals surface area contributed by atoms with E-state index >= 15 is 0 Å². The summed E-state index contributed by atoms with van der Waals surface area (Å²) in [6.45, 7) is 11.6. The highest BCUT2D eigenvalue weighted by atomic mass is 16.3. The van der Waals surface area contributed by atoms with Crippen molar-refractivity contribution in [2.24, 2.45) is 5.73 Å². The topological polar surface area (TPSA) is 52.7 Å². The zero-order valence-electron chi connectivity index (χ0n) is 12.9. The van der Waals surface area contributed by atoms with Crippen LogP contribution >= 0.6 is 0 Å². The zero-order chi connectivity index (χ0) is 14.1. The molecule has 19 heavy (non-hydrogen) atoms. The van der Waals surface area contributed by atoms with Gasteiger partial charge in [0.1, 0.15) is 0 Å². The summed E-state index contributed by atoms with van der Waals surface area (Å²) in [7, 11) is 0. The van der Waals surface area contributed by atoms with Crippen LogP contribution < -0.4 is 5.73 Å². The van der Waals surface area contributed by atoms with E-state index in [1.807, 2.05) is 13.8 Å². The van der Waals surface area contributed by atoms with E-state index in [0.717, 1.165) is 32.5 Å². The van der Waals surface area contributed by atoms with Crippen molar-refractivity contribution in [1.29, 1.82) is 0 Å². The van der Waals surface area contributed by atoms with Gasteiger partial charge in [0, 0.05) is 19.6 Å². The van der Waals surface area contributed by atoms with Gasteiger partial charge < -0.3 is 20.6 Å².